The van der Waals surface area contributed by atoms with Gasteiger partial charge in [0.05, 0.1) is 16.0 Å². The van der Waals surface area contributed by atoms with Crippen LogP contribution in [0, 0.1) is 17.6 Å². The quantitative estimate of drug-likeness (QED) is 0.569. The van der Waals surface area contributed by atoms with Crippen molar-refractivity contribution in [2.45, 2.75) is 37.5 Å². The molecular weight excluding hydrogens is 489 g/mol. The molecule has 182 valence electrons. The third-order valence-corrected chi connectivity index (χ3v) is 7.56. The van der Waals surface area contributed by atoms with Crippen molar-refractivity contribution >= 4 is 35.2 Å². The van der Waals surface area contributed by atoms with Crippen LogP contribution in [0.15, 0.2) is 36.4 Å². The first-order valence-corrected chi connectivity index (χ1v) is 11.7. The molecule has 2 amide bonds. The maximum absolute atomic E-state index is 14.2. The van der Waals surface area contributed by atoms with Gasteiger partial charge in [0, 0.05) is 32.8 Å². The number of piperidine rings is 1. The van der Waals surface area contributed by atoms with E-state index < -0.39 is 29.2 Å². The van der Waals surface area contributed by atoms with Crippen molar-refractivity contribution in [3.63, 3.8) is 0 Å². The van der Waals surface area contributed by atoms with Crippen molar-refractivity contribution in [2.75, 3.05) is 20.2 Å². The Kier molecular flexibility index (Phi) is 7.03. The summed E-state index contributed by atoms with van der Waals surface area (Å²) < 4.78 is 33.7. The number of rotatable bonds is 6. The van der Waals surface area contributed by atoms with E-state index >= 15 is 0 Å². The number of hydrogen-bond donors (Lipinski definition) is 1. The zero-order valence-electron chi connectivity index (χ0n) is 18.4. The molecule has 1 saturated carbocycles. The van der Waals surface area contributed by atoms with Crippen LogP contribution < -0.4 is 0 Å². The predicted octanol–water partition coefficient (Wildman–Crippen LogP) is 5.30. The molecule has 2 aliphatic rings. The number of methoxy groups -OCH3 is 1. The first-order chi connectivity index (χ1) is 16.2. The molecule has 0 aromatic heterocycles. The number of benzene rings is 2. The number of carbonyl (C=O) groups excluding carboxylic acids is 1. The monoisotopic (exact) mass is 512 g/mol. The second-order valence-electron chi connectivity index (χ2n) is 8.66. The highest BCUT2D eigenvalue weighted by molar-refractivity contribution is 6.42. The van der Waals surface area contributed by atoms with Crippen molar-refractivity contribution in [3.05, 3.63) is 69.2 Å². The summed E-state index contributed by atoms with van der Waals surface area (Å²) in [6, 6.07) is 8.52. The summed E-state index contributed by atoms with van der Waals surface area (Å²) in [7, 11) is 1.40. The van der Waals surface area contributed by atoms with Gasteiger partial charge >= 0.3 is 6.09 Å². The normalized spacial score (nSPS) is 22.5. The summed E-state index contributed by atoms with van der Waals surface area (Å²) in [6.45, 7) is 0.118. The van der Waals surface area contributed by atoms with Gasteiger partial charge in [-0.15, -0.1) is 0 Å². The molecule has 2 aromatic carbocycles. The summed E-state index contributed by atoms with van der Waals surface area (Å²) in [5, 5.41) is 10.3. The van der Waals surface area contributed by atoms with Crippen LogP contribution in [0.1, 0.15) is 30.4 Å². The number of likely N-dealkylation sites (tertiary alicyclic amines) is 1. The molecule has 0 unspecified atom stereocenters. The fourth-order valence-electron chi connectivity index (χ4n) is 4.68. The Bertz CT molecular complexity index is 1110. The summed E-state index contributed by atoms with van der Waals surface area (Å²) in [5.74, 6) is -3.40. The second-order valence-corrected chi connectivity index (χ2v) is 9.45. The first kappa shape index (κ1) is 24.7. The van der Waals surface area contributed by atoms with Crippen LogP contribution in [-0.2, 0) is 21.7 Å². The van der Waals surface area contributed by atoms with Crippen molar-refractivity contribution in [1.82, 2.24) is 9.80 Å². The van der Waals surface area contributed by atoms with E-state index in [1.54, 1.807) is 23.1 Å². The molecule has 4 rings (SSSR count). The van der Waals surface area contributed by atoms with Gasteiger partial charge in [0.15, 0.2) is 11.6 Å². The molecule has 0 radical (unpaired) electrons. The fourth-order valence-corrected chi connectivity index (χ4v) is 5.06. The zero-order valence-corrected chi connectivity index (χ0v) is 20.0. The maximum Gasteiger partial charge on any atom is 0.407 e. The minimum atomic E-state index is -1.33. The smallest absolute Gasteiger partial charge is 0.407 e. The number of ether oxygens (including phenoxy) is 1. The van der Waals surface area contributed by atoms with Gasteiger partial charge in [0.2, 0.25) is 5.91 Å². The molecule has 34 heavy (non-hydrogen) atoms. The Morgan fingerprint density at radius 2 is 1.94 bits per heavy atom. The van der Waals surface area contributed by atoms with E-state index in [0.717, 1.165) is 29.9 Å². The molecule has 6 nitrogen and oxygen atoms in total. The maximum atomic E-state index is 14.2. The van der Waals surface area contributed by atoms with Gasteiger partial charge in [0.25, 0.3) is 0 Å². The Balaban J connectivity index is 1.74. The van der Waals surface area contributed by atoms with Crippen LogP contribution in [0.3, 0.4) is 0 Å². The number of halogens is 4. The summed E-state index contributed by atoms with van der Waals surface area (Å²) in [4.78, 5) is 28.6. The molecule has 0 spiro atoms. The summed E-state index contributed by atoms with van der Waals surface area (Å²) in [6.07, 6.45) is 0.534. The van der Waals surface area contributed by atoms with Crippen LogP contribution in [0.5, 0.6) is 0 Å². The lowest BCUT2D eigenvalue weighted by Crippen LogP contribution is -2.58. The van der Waals surface area contributed by atoms with Gasteiger partial charge in [-0.25, -0.2) is 13.6 Å². The second kappa shape index (κ2) is 9.68. The number of amides is 2. The van der Waals surface area contributed by atoms with Gasteiger partial charge < -0.3 is 19.6 Å². The van der Waals surface area contributed by atoms with Crippen molar-refractivity contribution in [3.8, 4) is 0 Å². The Hall–Kier alpha value is -2.42. The van der Waals surface area contributed by atoms with Crippen molar-refractivity contribution in [1.29, 1.82) is 0 Å². The molecule has 1 heterocycles. The van der Waals surface area contributed by atoms with Gasteiger partial charge in [-0.3, -0.25) is 4.79 Å². The van der Waals surface area contributed by atoms with E-state index in [2.05, 4.69) is 0 Å². The number of carbonyl (C=O) groups is 2. The Morgan fingerprint density at radius 1 is 1.21 bits per heavy atom. The molecule has 1 saturated heterocycles. The molecule has 2 fully saturated rings. The molecule has 1 aliphatic heterocycles. The average molecular weight is 513 g/mol. The number of nitrogens with zero attached hydrogens (tertiary/aromatic N) is 2. The van der Waals surface area contributed by atoms with E-state index in [9.17, 15) is 23.5 Å². The molecule has 2 atom stereocenters. The number of carboxylic acid groups (broad SMARTS) is 1. The van der Waals surface area contributed by atoms with Crippen LogP contribution in [0.25, 0.3) is 0 Å². The standard InChI is InChI=1S/C24H24Cl2F2N2O4/c1-34-24(15-5-8-19(27)20(28)11-15)9-10-29(23(32)33)13-17(24)22(31)30(16-6-7-16)12-14-3-2-4-18(25)21(14)26/h2-5,8,11,16-17H,6-7,9-10,12-13H2,1H3,(H,32,33)/t17-,24+/m1/s1. The van der Waals surface area contributed by atoms with E-state index in [1.807, 2.05) is 0 Å². The largest absolute Gasteiger partial charge is 0.465 e. The van der Waals surface area contributed by atoms with Gasteiger partial charge in [0.1, 0.15) is 5.60 Å². The topological polar surface area (TPSA) is 70.1 Å². The van der Waals surface area contributed by atoms with Gasteiger partial charge in [-0.05, 0) is 48.6 Å². The lowest BCUT2D eigenvalue weighted by molar-refractivity contribution is -0.159. The number of hydrogen-bond acceptors (Lipinski definition) is 3. The third-order valence-electron chi connectivity index (χ3n) is 6.70. The van der Waals surface area contributed by atoms with E-state index in [-0.39, 0.29) is 43.6 Å². The van der Waals surface area contributed by atoms with E-state index in [1.165, 1.54) is 13.2 Å². The molecule has 1 N–H and O–H groups in total. The van der Waals surface area contributed by atoms with Crippen LogP contribution in [0.4, 0.5) is 13.6 Å². The van der Waals surface area contributed by atoms with Crippen LogP contribution in [-0.4, -0.2) is 53.1 Å². The lowest BCUT2D eigenvalue weighted by atomic mass is 9.74. The predicted molar refractivity (Wildman–Crippen MR) is 123 cm³/mol. The van der Waals surface area contributed by atoms with Gasteiger partial charge in [-0.2, -0.15) is 0 Å². The van der Waals surface area contributed by atoms with E-state index in [4.69, 9.17) is 27.9 Å². The van der Waals surface area contributed by atoms with Crippen molar-refractivity contribution in [2.24, 2.45) is 5.92 Å². The first-order valence-electron chi connectivity index (χ1n) is 10.9. The molecule has 10 heteroatoms. The highest BCUT2D eigenvalue weighted by Crippen LogP contribution is 2.44. The molecule has 0 bridgehead atoms. The Morgan fingerprint density at radius 3 is 2.56 bits per heavy atom. The SMILES string of the molecule is CO[C@]1(c2ccc(F)c(F)c2)CCN(C(=O)O)C[C@@H]1C(=O)N(Cc1cccc(Cl)c1Cl)C1CC1. The van der Waals surface area contributed by atoms with E-state index in [0.29, 0.717) is 15.6 Å². The van der Waals surface area contributed by atoms with Gasteiger partial charge in [-0.1, -0.05) is 41.4 Å². The zero-order chi connectivity index (χ0) is 24.6. The minimum Gasteiger partial charge on any atom is -0.465 e. The molecule has 2 aromatic rings. The van der Waals surface area contributed by atoms with Crippen molar-refractivity contribution < 1.29 is 28.2 Å². The van der Waals surface area contributed by atoms with Crippen LogP contribution >= 0.6 is 23.2 Å². The highest BCUT2D eigenvalue weighted by atomic mass is 35.5. The van der Waals surface area contributed by atoms with Crippen LogP contribution in [0.2, 0.25) is 10.0 Å². The fraction of sp³-hybridized carbons (Fsp3) is 0.417. The lowest BCUT2D eigenvalue weighted by Gasteiger charge is -2.47. The third kappa shape index (κ3) is 4.59. The average Bonchev–Trinajstić information content (AvgIpc) is 3.66. The highest BCUT2D eigenvalue weighted by Gasteiger charge is 2.52. The summed E-state index contributed by atoms with van der Waals surface area (Å²) >= 11 is 12.5. The summed E-state index contributed by atoms with van der Waals surface area (Å²) in [5.41, 5.74) is -0.381. The molecule has 1 aliphatic carbocycles. The Labute approximate surface area is 206 Å². The minimum absolute atomic E-state index is 0.0396. The molecular formula is C24H24Cl2F2N2O4.